The molecule has 0 aliphatic carbocycles. The van der Waals surface area contributed by atoms with E-state index in [0.29, 0.717) is 6.42 Å². The Morgan fingerprint density at radius 2 is 1.67 bits per heavy atom. The molecule has 0 spiro atoms. The van der Waals surface area contributed by atoms with Crippen molar-refractivity contribution in [1.82, 2.24) is 10.2 Å². The predicted octanol–water partition coefficient (Wildman–Crippen LogP) is 4.40. The fourth-order valence-electron chi connectivity index (χ4n) is 3.98. The minimum atomic E-state index is -3.76. The number of nitrogens with zero attached hydrogens (tertiary/aromatic N) is 2. The molecule has 1 atom stereocenters. The molecule has 0 unspecified atom stereocenters. The molecule has 2 amide bonds. The van der Waals surface area contributed by atoms with Gasteiger partial charge < -0.3 is 10.2 Å². The summed E-state index contributed by atoms with van der Waals surface area (Å²) in [5.41, 5.74) is 1.42. The number of hydrogen-bond acceptors (Lipinski definition) is 4. The highest BCUT2D eigenvalue weighted by Crippen LogP contribution is 2.23. The second-order valence-corrected chi connectivity index (χ2v) is 11.9. The van der Waals surface area contributed by atoms with Crippen LogP contribution in [-0.2, 0) is 26.2 Å². The van der Waals surface area contributed by atoms with Crippen LogP contribution in [0.1, 0.15) is 58.1 Å². The van der Waals surface area contributed by atoms with E-state index >= 15 is 0 Å². The first-order valence-electron chi connectivity index (χ1n) is 12.1. The average Bonchev–Trinajstić information content (AvgIpc) is 2.76. The maximum absolute atomic E-state index is 14.3. The largest absolute Gasteiger partial charge is 0.350 e. The van der Waals surface area contributed by atoms with Crippen LogP contribution in [0.3, 0.4) is 0 Å². The summed E-state index contributed by atoms with van der Waals surface area (Å²) in [7, 11) is -3.76. The molecule has 0 heterocycles. The van der Waals surface area contributed by atoms with Crippen LogP contribution >= 0.6 is 0 Å². The van der Waals surface area contributed by atoms with Crippen LogP contribution in [0.2, 0.25) is 0 Å². The van der Waals surface area contributed by atoms with Crippen LogP contribution in [0, 0.1) is 12.7 Å². The Labute approximate surface area is 214 Å². The average molecular weight is 520 g/mol. The zero-order valence-electron chi connectivity index (χ0n) is 22.0. The van der Waals surface area contributed by atoms with Gasteiger partial charge in [-0.25, -0.2) is 12.8 Å². The maximum Gasteiger partial charge on any atom is 0.243 e. The van der Waals surface area contributed by atoms with Crippen LogP contribution in [-0.4, -0.2) is 49.5 Å². The van der Waals surface area contributed by atoms with Gasteiger partial charge in [-0.3, -0.25) is 13.9 Å². The van der Waals surface area contributed by atoms with Gasteiger partial charge in [-0.1, -0.05) is 43.3 Å². The minimum absolute atomic E-state index is 0.00561. The van der Waals surface area contributed by atoms with Gasteiger partial charge in [0.25, 0.3) is 0 Å². The van der Waals surface area contributed by atoms with E-state index in [4.69, 9.17) is 0 Å². The molecule has 0 aliphatic rings. The van der Waals surface area contributed by atoms with Crippen molar-refractivity contribution in [2.24, 2.45) is 0 Å². The molecule has 0 saturated heterocycles. The molecule has 1 N–H and O–H groups in total. The molecule has 9 heteroatoms. The van der Waals surface area contributed by atoms with Crippen molar-refractivity contribution in [1.29, 1.82) is 0 Å². The quantitative estimate of drug-likeness (QED) is 0.477. The summed E-state index contributed by atoms with van der Waals surface area (Å²) in [5, 5.41) is 2.97. The molecule has 0 radical (unpaired) electrons. The normalized spacial score (nSPS) is 12.6. The summed E-state index contributed by atoms with van der Waals surface area (Å²) < 4.78 is 40.0. The highest BCUT2D eigenvalue weighted by molar-refractivity contribution is 7.92. The Bertz CT molecular complexity index is 1160. The van der Waals surface area contributed by atoms with E-state index < -0.39 is 27.4 Å². The summed E-state index contributed by atoms with van der Waals surface area (Å²) in [4.78, 5) is 28.1. The predicted molar refractivity (Wildman–Crippen MR) is 142 cm³/mol. The lowest BCUT2D eigenvalue weighted by Gasteiger charge is -2.33. The number of halogens is 1. The van der Waals surface area contributed by atoms with E-state index in [9.17, 15) is 22.4 Å². The third-order valence-electron chi connectivity index (χ3n) is 5.76. The minimum Gasteiger partial charge on any atom is -0.350 e. The van der Waals surface area contributed by atoms with Gasteiger partial charge in [0.2, 0.25) is 21.8 Å². The molecule has 2 rings (SSSR count). The van der Waals surface area contributed by atoms with Crippen LogP contribution < -0.4 is 9.62 Å². The van der Waals surface area contributed by atoms with E-state index in [0.717, 1.165) is 21.7 Å². The van der Waals surface area contributed by atoms with Gasteiger partial charge in [0.1, 0.15) is 11.9 Å². The molecular weight excluding hydrogens is 481 g/mol. The zero-order chi connectivity index (χ0) is 27.1. The Balaban J connectivity index is 2.26. The molecule has 0 fully saturated rings. The van der Waals surface area contributed by atoms with Gasteiger partial charge in [-0.05, 0) is 63.8 Å². The second kappa shape index (κ2) is 12.3. The molecule has 2 aromatic rings. The van der Waals surface area contributed by atoms with Gasteiger partial charge >= 0.3 is 0 Å². The number of carbonyl (C=O) groups is 2. The molecule has 0 aliphatic heterocycles. The summed E-state index contributed by atoms with van der Waals surface area (Å²) in [6.07, 6.45) is 1.60. The Morgan fingerprint density at radius 1 is 1.06 bits per heavy atom. The van der Waals surface area contributed by atoms with Crippen molar-refractivity contribution in [2.45, 2.75) is 72.0 Å². The summed E-state index contributed by atoms with van der Waals surface area (Å²) in [6.45, 7) is 9.65. The fourth-order valence-corrected chi connectivity index (χ4v) is 4.95. The topological polar surface area (TPSA) is 86.8 Å². The molecule has 0 aromatic heterocycles. The number of rotatable bonds is 11. The molecule has 2 aromatic carbocycles. The molecule has 198 valence electrons. The van der Waals surface area contributed by atoms with Crippen LogP contribution in [0.25, 0.3) is 0 Å². The van der Waals surface area contributed by atoms with E-state index in [-0.39, 0.29) is 43.4 Å². The number of hydrogen-bond donors (Lipinski definition) is 1. The van der Waals surface area contributed by atoms with Crippen LogP contribution in [0.4, 0.5) is 10.1 Å². The first kappa shape index (κ1) is 29.3. The van der Waals surface area contributed by atoms with Gasteiger partial charge in [-0.2, -0.15) is 0 Å². The van der Waals surface area contributed by atoms with Crippen molar-refractivity contribution in [3.63, 3.8) is 0 Å². The SMILES string of the molecule is CC[C@@H](C(=O)NC(C)(C)C)N(Cc1ccccc1C)C(=O)CCCN(c1ccccc1F)S(C)(=O)=O. The van der Waals surface area contributed by atoms with Crippen molar-refractivity contribution < 1.29 is 22.4 Å². The Morgan fingerprint density at radius 3 is 2.22 bits per heavy atom. The van der Waals surface area contributed by atoms with E-state index in [1.807, 2.05) is 58.9 Å². The zero-order valence-corrected chi connectivity index (χ0v) is 22.9. The maximum atomic E-state index is 14.3. The summed E-state index contributed by atoms with van der Waals surface area (Å²) in [6, 6.07) is 12.6. The van der Waals surface area contributed by atoms with E-state index in [1.54, 1.807) is 11.0 Å². The van der Waals surface area contributed by atoms with Gasteiger partial charge in [0.15, 0.2) is 0 Å². The number of sulfonamides is 1. The molecule has 0 bridgehead atoms. The lowest BCUT2D eigenvalue weighted by atomic mass is 10.0. The fraction of sp³-hybridized carbons (Fsp3) is 0.481. The van der Waals surface area contributed by atoms with E-state index in [1.165, 1.54) is 18.2 Å². The van der Waals surface area contributed by atoms with Gasteiger partial charge in [-0.15, -0.1) is 0 Å². The number of para-hydroxylation sites is 1. The highest BCUT2D eigenvalue weighted by Gasteiger charge is 2.31. The smallest absolute Gasteiger partial charge is 0.243 e. The number of nitrogens with one attached hydrogen (secondary N) is 1. The van der Waals surface area contributed by atoms with Crippen LogP contribution in [0.5, 0.6) is 0 Å². The van der Waals surface area contributed by atoms with Gasteiger partial charge in [0.05, 0.1) is 11.9 Å². The summed E-state index contributed by atoms with van der Waals surface area (Å²) >= 11 is 0. The first-order valence-corrected chi connectivity index (χ1v) is 14.0. The molecule has 7 nitrogen and oxygen atoms in total. The number of anilines is 1. The molecule has 36 heavy (non-hydrogen) atoms. The van der Waals surface area contributed by atoms with E-state index in [2.05, 4.69) is 5.32 Å². The Hall–Kier alpha value is -2.94. The van der Waals surface area contributed by atoms with Crippen molar-refractivity contribution in [3.05, 3.63) is 65.5 Å². The standard InChI is InChI=1S/C27H38FN3O4S/c1-7-23(26(33)29-27(3,4)5)30(19-21-14-9-8-13-20(21)2)25(32)17-12-18-31(36(6,34)35)24-16-11-10-15-22(24)28/h8-11,13-16,23H,7,12,17-19H2,1-6H3,(H,29,33)/t23-/m0/s1. The second-order valence-electron chi connectivity index (χ2n) is 10.0. The van der Waals surface area contributed by atoms with Crippen molar-refractivity contribution in [3.8, 4) is 0 Å². The molecular formula is C27H38FN3O4S. The third-order valence-corrected chi connectivity index (χ3v) is 6.94. The lowest BCUT2D eigenvalue weighted by molar-refractivity contribution is -0.142. The number of amides is 2. The van der Waals surface area contributed by atoms with Gasteiger partial charge in [0, 0.05) is 25.0 Å². The van der Waals surface area contributed by atoms with Crippen molar-refractivity contribution >= 4 is 27.5 Å². The highest BCUT2D eigenvalue weighted by atomic mass is 32.2. The Kier molecular flexibility index (Phi) is 10.0. The summed E-state index contributed by atoms with van der Waals surface area (Å²) in [5.74, 6) is -1.16. The number of carbonyl (C=O) groups excluding carboxylic acids is 2. The van der Waals surface area contributed by atoms with Crippen LogP contribution in [0.15, 0.2) is 48.5 Å². The first-order chi connectivity index (χ1) is 16.7. The monoisotopic (exact) mass is 519 g/mol. The number of benzene rings is 2. The molecule has 0 saturated carbocycles. The number of aryl methyl sites for hydroxylation is 1. The third kappa shape index (κ3) is 8.33. The van der Waals surface area contributed by atoms with Crippen molar-refractivity contribution in [2.75, 3.05) is 17.1 Å². The lowest BCUT2D eigenvalue weighted by Crippen LogP contribution is -2.53.